The summed E-state index contributed by atoms with van der Waals surface area (Å²) in [5, 5.41) is 0. The van der Waals surface area contributed by atoms with Gasteiger partial charge in [0.15, 0.2) is 0 Å². The molecule has 0 radical (unpaired) electrons. The van der Waals surface area contributed by atoms with Crippen LogP contribution in [0.15, 0.2) is 40.9 Å². The topological polar surface area (TPSA) is 26.0 Å². The first-order chi connectivity index (χ1) is 8.49. The van der Waals surface area contributed by atoms with Crippen LogP contribution in [-0.4, -0.2) is 0 Å². The molecular weight excluding hydrogens is 286 g/mol. The minimum Gasteiger partial charge on any atom is -0.320 e. The van der Waals surface area contributed by atoms with Crippen molar-refractivity contribution in [1.29, 1.82) is 0 Å². The summed E-state index contributed by atoms with van der Waals surface area (Å²) in [4.78, 5) is 0. The summed E-state index contributed by atoms with van der Waals surface area (Å²) >= 11 is 3.59. The lowest BCUT2D eigenvalue weighted by molar-refractivity contribution is 0.853. The Kier molecular flexibility index (Phi) is 3.88. The molecule has 0 fully saturated rings. The maximum atomic E-state index is 6.43. The maximum absolute atomic E-state index is 6.43. The molecule has 1 unspecified atom stereocenters. The van der Waals surface area contributed by atoms with Gasteiger partial charge < -0.3 is 5.73 Å². The van der Waals surface area contributed by atoms with Crippen molar-refractivity contribution >= 4 is 15.9 Å². The van der Waals surface area contributed by atoms with E-state index in [0.29, 0.717) is 0 Å². The molecule has 2 N–H and O–H groups in total. The predicted octanol–water partition coefficient (Wildman–Crippen LogP) is 4.42. The number of hydrogen-bond acceptors (Lipinski definition) is 1. The number of hydrogen-bond donors (Lipinski definition) is 1. The predicted molar refractivity (Wildman–Crippen MR) is 80.8 cm³/mol. The molecule has 0 amide bonds. The normalized spacial score (nSPS) is 12.5. The second-order valence-corrected chi connectivity index (χ2v) is 5.72. The van der Waals surface area contributed by atoms with Crippen LogP contribution in [0.3, 0.4) is 0 Å². The standard InChI is InChI=1S/C16H18BrN/c1-10-4-6-12(3)13(8-10)16(18)14-9-11(2)5-7-15(14)17/h4-9,16H,18H2,1-3H3. The van der Waals surface area contributed by atoms with Crippen LogP contribution >= 0.6 is 15.9 Å². The van der Waals surface area contributed by atoms with Crippen LogP contribution in [0.1, 0.15) is 33.9 Å². The van der Waals surface area contributed by atoms with Crippen molar-refractivity contribution in [2.75, 3.05) is 0 Å². The second kappa shape index (κ2) is 5.25. The fraction of sp³-hybridized carbons (Fsp3) is 0.250. The molecule has 0 aliphatic heterocycles. The Morgan fingerprint density at radius 1 is 0.889 bits per heavy atom. The van der Waals surface area contributed by atoms with Crippen molar-refractivity contribution in [3.05, 3.63) is 68.7 Å². The first-order valence-corrected chi connectivity index (χ1v) is 6.87. The molecule has 0 spiro atoms. The van der Waals surface area contributed by atoms with E-state index in [4.69, 9.17) is 5.73 Å². The molecule has 2 rings (SSSR count). The highest BCUT2D eigenvalue weighted by atomic mass is 79.9. The number of benzene rings is 2. The molecule has 0 aliphatic rings. The van der Waals surface area contributed by atoms with Crippen molar-refractivity contribution in [1.82, 2.24) is 0 Å². The minimum absolute atomic E-state index is 0.0841. The Balaban J connectivity index is 2.50. The summed E-state index contributed by atoms with van der Waals surface area (Å²) < 4.78 is 1.07. The van der Waals surface area contributed by atoms with Crippen LogP contribution in [0.5, 0.6) is 0 Å². The van der Waals surface area contributed by atoms with E-state index in [2.05, 4.69) is 73.1 Å². The minimum atomic E-state index is -0.0841. The zero-order valence-electron chi connectivity index (χ0n) is 11.0. The molecule has 0 heterocycles. The fourth-order valence-electron chi connectivity index (χ4n) is 2.16. The summed E-state index contributed by atoms with van der Waals surface area (Å²) in [5.41, 5.74) is 12.5. The Labute approximate surface area is 117 Å². The molecule has 0 aliphatic carbocycles. The monoisotopic (exact) mass is 303 g/mol. The lowest BCUT2D eigenvalue weighted by atomic mass is 9.93. The summed E-state index contributed by atoms with van der Waals surface area (Å²) in [6, 6.07) is 12.6. The van der Waals surface area contributed by atoms with Crippen LogP contribution in [-0.2, 0) is 0 Å². The van der Waals surface area contributed by atoms with Gasteiger partial charge in [0.1, 0.15) is 0 Å². The van der Waals surface area contributed by atoms with E-state index < -0.39 is 0 Å². The number of rotatable bonds is 2. The van der Waals surface area contributed by atoms with E-state index in [1.165, 1.54) is 22.3 Å². The van der Waals surface area contributed by atoms with E-state index >= 15 is 0 Å². The first-order valence-electron chi connectivity index (χ1n) is 6.08. The number of halogens is 1. The molecule has 0 aromatic heterocycles. The third-order valence-electron chi connectivity index (χ3n) is 3.26. The molecule has 1 nitrogen and oxygen atoms in total. The highest BCUT2D eigenvalue weighted by molar-refractivity contribution is 9.10. The second-order valence-electron chi connectivity index (χ2n) is 4.86. The van der Waals surface area contributed by atoms with E-state index in [9.17, 15) is 0 Å². The van der Waals surface area contributed by atoms with Crippen molar-refractivity contribution in [3.63, 3.8) is 0 Å². The van der Waals surface area contributed by atoms with E-state index in [-0.39, 0.29) is 6.04 Å². The first kappa shape index (κ1) is 13.3. The maximum Gasteiger partial charge on any atom is 0.0565 e. The van der Waals surface area contributed by atoms with Gasteiger partial charge in [-0.05, 0) is 43.5 Å². The van der Waals surface area contributed by atoms with Crippen molar-refractivity contribution < 1.29 is 0 Å². The molecule has 1 atom stereocenters. The van der Waals surface area contributed by atoms with Gasteiger partial charge in [-0.15, -0.1) is 0 Å². The van der Waals surface area contributed by atoms with Gasteiger partial charge in [0.25, 0.3) is 0 Å². The van der Waals surface area contributed by atoms with Crippen molar-refractivity contribution in [2.45, 2.75) is 26.8 Å². The zero-order valence-corrected chi connectivity index (χ0v) is 12.6. The molecule has 0 saturated heterocycles. The zero-order chi connectivity index (χ0) is 13.3. The molecule has 18 heavy (non-hydrogen) atoms. The van der Waals surface area contributed by atoms with Gasteiger partial charge in [-0.1, -0.05) is 57.4 Å². The van der Waals surface area contributed by atoms with Gasteiger partial charge >= 0.3 is 0 Å². The number of aryl methyl sites for hydroxylation is 3. The average molecular weight is 304 g/mol. The van der Waals surface area contributed by atoms with Crippen molar-refractivity contribution in [2.24, 2.45) is 5.73 Å². The quantitative estimate of drug-likeness (QED) is 0.873. The lowest BCUT2D eigenvalue weighted by Crippen LogP contribution is -2.14. The van der Waals surface area contributed by atoms with Gasteiger partial charge in [0.2, 0.25) is 0 Å². The van der Waals surface area contributed by atoms with Crippen LogP contribution in [0.2, 0.25) is 0 Å². The molecular formula is C16H18BrN. The largest absolute Gasteiger partial charge is 0.320 e. The van der Waals surface area contributed by atoms with Crippen LogP contribution in [0.25, 0.3) is 0 Å². The van der Waals surface area contributed by atoms with Gasteiger partial charge in [0, 0.05) is 4.47 Å². The van der Waals surface area contributed by atoms with Gasteiger partial charge in [-0.25, -0.2) is 0 Å². The summed E-state index contributed by atoms with van der Waals surface area (Å²) in [7, 11) is 0. The lowest BCUT2D eigenvalue weighted by Gasteiger charge is -2.18. The Morgan fingerprint density at radius 3 is 2.11 bits per heavy atom. The Hall–Kier alpha value is -1.12. The third kappa shape index (κ3) is 2.65. The van der Waals surface area contributed by atoms with E-state index in [0.717, 1.165) is 10.0 Å². The third-order valence-corrected chi connectivity index (χ3v) is 3.98. The summed E-state index contributed by atoms with van der Waals surface area (Å²) in [6.45, 7) is 6.30. The van der Waals surface area contributed by atoms with Crippen LogP contribution in [0.4, 0.5) is 0 Å². The van der Waals surface area contributed by atoms with Gasteiger partial charge in [-0.3, -0.25) is 0 Å². The molecule has 0 saturated carbocycles. The molecule has 94 valence electrons. The highest BCUT2D eigenvalue weighted by Gasteiger charge is 2.14. The summed E-state index contributed by atoms with van der Waals surface area (Å²) in [5.74, 6) is 0. The molecule has 2 heteroatoms. The molecule has 2 aromatic carbocycles. The Bertz CT molecular complexity index is 524. The van der Waals surface area contributed by atoms with Gasteiger partial charge in [0.05, 0.1) is 6.04 Å². The average Bonchev–Trinajstić information content (AvgIpc) is 2.34. The van der Waals surface area contributed by atoms with Gasteiger partial charge in [-0.2, -0.15) is 0 Å². The van der Waals surface area contributed by atoms with E-state index in [1.54, 1.807) is 0 Å². The molecule has 0 bridgehead atoms. The van der Waals surface area contributed by atoms with E-state index in [1.807, 2.05) is 0 Å². The SMILES string of the molecule is Cc1ccc(C)c(C(N)c2cc(C)ccc2Br)c1. The Morgan fingerprint density at radius 2 is 1.44 bits per heavy atom. The van der Waals surface area contributed by atoms with Crippen molar-refractivity contribution in [3.8, 4) is 0 Å². The number of nitrogens with two attached hydrogens (primary N) is 1. The smallest absolute Gasteiger partial charge is 0.0565 e. The molecule has 2 aromatic rings. The fourth-order valence-corrected chi connectivity index (χ4v) is 2.66. The summed E-state index contributed by atoms with van der Waals surface area (Å²) in [6.07, 6.45) is 0. The van der Waals surface area contributed by atoms with Crippen LogP contribution < -0.4 is 5.73 Å². The van der Waals surface area contributed by atoms with Crippen LogP contribution in [0, 0.1) is 20.8 Å². The highest BCUT2D eigenvalue weighted by Crippen LogP contribution is 2.29.